The first-order valence-corrected chi connectivity index (χ1v) is 4.90. The van der Waals surface area contributed by atoms with Crippen molar-refractivity contribution in [3.63, 3.8) is 0 Å². The van der Waals surface area contributed by atoms with E-state index in [-0.39, 0.29) is 11.9 Å². The Morgan fingerprint density at radius 1 is 1.35 bits per heavy atom. The topological polar surface area (TPSA) is 52.4 Å². The minimum Gasteiger partial charge on any atom is -0.483 e. The lowest BCUT2D eigenvalue weighted by Gasteiger charge is -2.09. The van der Waals surface area contributed by atoms with Crippen molar-refractivity contribution < 1.29 is 22.8 Å². The molecule has 0 spiro atoms. The second-order valence-corrected chi connectivity index (χ2v) is 3.75. The molecule has 0 bridgehead atoms. The quantitative estimate of drug-likeness (QED) is 0.609. The summed E-state index contributed by atoms with van der Waals surface area (Å²) < 4.78 is 42.3. The van der Waals surface area contributed by atoms with Crippen molar-refractivity contribution in [1.29, 1.82) is 0 Å². The van der Waals surface area contributed by atoms with Crippen LogP contribution in [0.25, 0.3) is 0 Å². The van der Waals surface area contributed by atoms with E-state index in [0.29, 0.717) is 6.07 Å². The maximum Gasteiger partial charge on any atom is 0.416 e. The summed E-state index contributed by atoms with van der Waals surface area (Å²) in [5.74, 6) is -0.106. The Balaban J connectivity index is 2.36. The predicted octanol–water partition coefficient (Wildman–Crippen LogP) is 3.15. The van der Waals surface area contributed by atoms with Crippen molar-refractivity contribution in [1.82, 2.24) is 0 Å². The zero-order valence-corrected chi connectivity index (χ0v) is 8.53. The molecule has 17 heavy (non-hydrogen) atoms. The van der Waals surface area contributed by atoms with Crippen molar-refractivity contribution in [2.45, 2.75) is 25.1 Å². The molecular weight excluding hydrogens is 239 g/mol. The zero-order chi connectivity index (χ0) is 12.6. The molecule has 1 aliphatic rings. The number of rotatable bonds is 3. The molecule has 0 unspecified atom stereocenters. The number of nitro groups is 1. The monoisotopic (exact) mass is 247 g/mol. The highest BCUT2D eigenvalue weighted by molar-refractivity contribution is 5.49. The van der Waals surface area contributed by atoms with Gasteiger partial charge in [-0.3, -0.25) is 10.1 Å². The lowest BCUT2D eigenvalue weighted by molar-refractivity contribution is -0.386. The van der Waals surface area contributed by atoms with E-state index in [0.717, 1.165) is 25.0 Å². The summed E-state index contributed by atoms with van der Waals surface area (Å²) in [6, 6.07) is 2.28. The SMILES string of the molecule is O=[N+]([O-])c1cc(C(F)(F)F)ccc1OC1CC1. The summed E-state index contributed by atoms with van der Waals surface area (Å²) in [6.07, 6.45) is -3.15. The van der Waals surface area contributed by atoms with E-state index in [4.69, 9.17) is 4.74 Å². The molecule has 0 atom stereocenters. The molecule has 1 aliphatic carbocycles. The van der Waals surface area contributed by atoms with E-state index in [9.17, 15) is 23.3 Å². The van der Waals surface area contributed by atoms with Gasteiger partial charge in [0.05, 0.1) is 16.6 Å². The lowest BCUT2D eigenvalue weighted by atomic mass is 10.2. The number of alkyl halides is 3. The third kappa shape index (κ3) is 2.66. The van der Waals surface area contributed by atoms with Crippen LogP contribution in [-0.2, 0) is 6.18 Å². The van der Waals surface area contributed by atoms with Gasteiger partial charge in [-0.25, -0.2) is 0 Å². The fourth-order valence-electron chi connectivity index (χ4n) is 1.30. The number of nitro benzene ring substituents is 1. The smallest absolute Gasteiger partial charge is 0.416 e. The van der Waals surface area contributed by atoms with E-state index in [1.165, 1.54) is 0 Å². The van der Waals surface area contributed by atoms with Crippen molar-refractivity contribution in [3.05, 3.63) is 33.9 Å². The van der Waals surface area contributed by atoms with Crippen molar-refractivity contribution in [3.8, 4) is 5.75 Å². The van der Waals surface area contributed by atoms with Crippen LogP contribution in [0.2, 0.25) is 0 Å². The van der Waals surface area contributed by atoms with Crippen molar-refractivity contribution in [2.24, 2.45) is 0 Å². The number of ether oxygens (including phenoxy) is 1. The number of halogens is 3. The normalized spacial score (nSPS) is 15.7. The molecule has 4 nitrogen and oxygen atoms in total. The molecule has 0 aromatic heterocycles. The summed E-state index contributed by atoms with van der Waals surface area (Å²) in [5, 5.41) is 10.7. The van der Waals surface area contributed by atoms with Gasteiger partial charge in [0, 0.05) is 6.07 Å². The Kier molecular flexibility index (Phi) is 2.68. The van der Waals surface area contributed by atoms with Crippen LogP contribution in [0.1, 0.15) is 18.4 Å². The van der Waals surface area contributed by atoms with Crippen molar-refractivity contribution >= 4 is 5.69 Å². The Labute approximate surface area is 94.1 Å². The van der Waals surface area contributed by atoms with Crippen LogP contribution >= 0.6 is 0 Å². The molecule has 1 fully saturated rings. The Bertz CT molecular complexity index is 455. The highest BCUT2D eigenvalue weighted by Crippen LogP contribution is 2.38. The predicted molar refractivity (Wildman–Crippen MR) is 51.7 cm³/mol. The molecule has 0 amide bonds. The van der Waals surface area contributed by atoms with E-state index < -0.39 is 22.4 Å². The van der Waals surface area contributed by atoms with E-state index in [1.54, 1.807) is 0 Å². The average molecular weight is 247 g/mol. The highest BCUT2D eigenvalue weighted by Gasteiger charge is 2.34. The van der Waals surface area contributed by atoms with Gasteiger partial charge in [-0.05, 0) is 25.0 Å². The van der Waals surface area contributed by atoms with E-state index in [2.05, 4.69) is 0 Å². The molecule has 0 radical (unpaired) electrons. The van der Waals surface area contributed by atoms with Gasteiger partial charge in [-0.1, -0.05) is 0 Å². The maximum absolute atomic E-state index is 12.4. The molecule has 0 heterocycles. The van der Waals surface area contributed by atoms with Gasteiger partial charge in [0.25, 0.3) is 0 Å². The number of benzene rings is 1. The van der Waals surface area contributed by atoms with Gasteiger partial charge >= 0.3 is 11.9 Å². The minimum atomic E-state index is -4.59. The Morgan fingerprint density at radius 3 is 2.47 bits per heavy atom. The van der Waals surface area contributed by atoms with Gasteiger partial charge in [-0.15, -0.1) is 0 Å². The van der Waals surface area contributed by atoms with Crippen molar-refractivity contribution in [2.75, 3.05) is 0 Å². The fraction of sp³-hybridized carbons (Fsp3) is 0.400. The first-order chi connectivity index (χ1) is 7.88. The van der Waals surface area contributed by atoms with Gasteiger partial charge in [0.2, 0.25) is 0 Å². The van der Waals surface area contributed by atoms with Crippen LogP contribution in [0.5, 0.6) is 5.75 Å². The summed E-state index contributed by atoms with van der Waals surface area (Å²) >= 11 is 0. The molecule has 2 rings (SSSR count). The summed E-state index contributed by atoms with van der Waals surface area (Å²) in [6.45, 7) is 0. The zero-order valence-electron chi connectivity index (χ0n) is 8.53. The number of nitrogens with zero attached hydrogens (tertiary/aromatic N) is 1. The van der Waals surface area contributed by atoms with Crippen LogP contribution in [0, 0.1) is 10.1 Å². The number of hydrogen-bond acceptors (Lipinski definition) is 3. The van der Waals surface area contributed by atoms with Crippen LogP contribution in [0.15, 0.2) is 18.2 Å². The highest BCUT2D eigenvalue weighted by atomic mass is 19.4. The second kappa shape index (κ2) is 3.90. The molecule has 1 aromatic rings. The maximum atomic E-state index is 12.4. The molecule has 1 saturated carbocycles. The van der Waals surface area contributed by atoms with E-state index >= 15 is 0 Å². The van der Waals surface area contributed by atoms with Gasteiger partial charge < -0.3 is 4.74 Å². The van der Waals surface area contributed by atoms with Gasteiger partial charge in [0.15, 0.2) is 5.75 Å². The first kappa shape index (κ1) is 11.7. The van der Waals surface area contributed by atoms with Crippen LogP contribution in [0.4, 0.5) is 18.9 Å². The first-order valence-electron chi connectivity index (χ1n) is 4.90. The summed E-state index contributed by atoms with van der Waals surface area (Å²) in [4.78, 5) is 9.79. The molecule has 0 N–H and O–H groups in total. The molecule has 0 aliphatic heterocycles. The van der Waals surface area contributed by atoms with Crippen LogP contribution in [-0.4, -0.2) is 11.0 Å². The lowest BCUT2D eigenvalue weighted by Crippen LogP contribution is -2.07. The van der Waals surface area contributed by atoms with Crippen LogP contribution < -0.4 is 4.74 Å². The Hall–Kier alpha value is -1.79. The number of hydrogen-bond donors (Lipinski definition) is 0. The average Bonchev–Trinajstić information content (AvgIpc) is 3.00. The van der Waals surface area contributed by atoms with E-state index in [1.807, 2.05) is 0 Å². The standard InChI is InChI=1S/C10H8F3NO3/c11-10(12,13)6-1-4-9(17-7-2-3-7)8(5-6)14(15)16/h1,4-5,7H,2-3H2. The summed E-state index contributed by atoms with van der Waals surface area (Å²) in [5.41, 5.74) is -1.70. The molecule has 7 heteroatoms. The molecule has 92 valence electrons. The fourth-order valence-corrected chi connectivity index (χ4v) is 1.30. The molecular formula is C10H8F3NO3. The van der Waals surface area contributed by atoms with Crippen LogP contribution in [0.3, 0.4) is 0 Å². The third-order valence-electron chi connectivity index (χ3n) is 2.30. The summed E-state index contributed by atoms with van der Waals surface area (Å²) in [7, 11) is 0. The third-order valence-corrected chi connectivity index (χ3v) is 2.30. The Morgan fingerprint density at radius 2 is 2.00 bits per heavy atom. The molecule has 0 saturated heterocycles. The molecule has 1 aromatic carbocycles. The largest absolute Gasteiger partial charge is 0.483 e. The second-order valence-electron chi connectivity index (χ2n) is 3.75. The van der Waals surface area contributed by atoms with Gasteiger partial charge in [-0.2, -0.15) is 13.2 Å². The van der Waals surface area contributed by atoms with Gasteiger partial charge in [0.1, 0.15) is 0 Å². The minimum absolute atomic E-state index is 0.106.